The molecule has 16 heavy (non-hydrogen) atoms. The van der Waals surface area contributed by atoms with Crippen molar-refractivity contribution in [3.63, 3.8) is 0 Å². The van der Waals surface area contributed by atoms with E-state index in [9.17, 15) is 4.79 Å². The van der Waals surface area contributed by atoms with Gasteiger partial charge in [-0.1, -0.05) is 6.07 Å². The van der Waals surface area contributed by atoms with Crippen LogP contribution in [0.25, 0.3) is 0 Å². The molecule has 1 atom stereocenters. The lowest BCUT2D eigenvalue weighted by Gasteiger charge is -2.13. The summed E-state index contributed by atoms with van der Waals surface area (Å²) in [4.78, 5) is 17.6. The van der Waals surface area contributed by atoms with Crippen LogP contribution >= 0.6 is 0 Å². The van der Waals surface area contributed by atoms with Crippen molar-refractivity contribution in [1.29, 1.82) is 0 Å². The van der Waals surface area contributed by atoms with Crippen LogP contribution in [0.2, 0.25) is 0 Å². The molecule has 4 N–H and O–H groups in total. The van der Waals surface area contributed by atoms with Crippen molar-refractivity contribution < 1.29 is 4.79 Å². The lowest BCUT2D eigenvalue weighted by Crippen LogP contribution is -2.31. The van der Waals surface area contributed by atoms with Crippen LogP contribution in [-0.4, -0.2) is 35.4 Å². The molecular weight excluding hydrogens is 206 g/mol. The molecule has 1 amide bonds. The molecular formula is C10H15N5O. The summed E-state index contributed by atoms with van der Waals surface area (Å²) >= 11 is 0. The number of nitrogens with one attached hydrogen (secondary N) is 2. The van der Waals surface area contributed by atoms with Gasteiger partial charge in [-0.3, -0.25) is 4.79 Å². The van der Waals surface area contributed by atoms with E-state index in [0.717, 1.165) is 13.0 Å². The number of hydrogen-bond donors (Lipinski definition) is 3. The van der Waals surface area contributed by atoms with Crippen LogP contribution < -0.4 is 16.6 Å². The molecule has 2 heterocycles. The van der Waals surface area contributed by atoms with E-state index in [-0.39, 0.29) is 11.9 Å². The Morgan fingerprint density at radius 3 is 2.88 bits per heavy atom. The fourth-order valence-corrected chi connectivity index (χ4v) is 1.73. The van der Waals surface area contributed by atoms with Crippen LogP contribution in [0.1, 0.15) is 6.42 Å². The molecule has 1 saturated heterocycles. The number of aromatic nitrogens is 1. The number of carbonyl (C=O) groups excluding carboxylic acids is 1. The van der Waals surface area contributed by atoms with Gasteiger partial charge in [0.25, 0.3) is 0 Å². The monoisotopic (exact) mass is 221 g/mol. The number of pyridine rings is 1. The molecule has 1 aromatic heterocycles. The Hall–Kier alpha value is -1.82. The summed E-state index contributed by atoms with van der Waals surface area (Å²) in [5, 5.41) is 3.10. The normalized spacial score (nSPS) is 20.0. The number of nitrogens with zero attached hydrogens (tertiary/aromatic N) is 2. The molecule has 2 rings (SSSR count). The zero-order chi connectivity index (χ0) is 11.5. The molecule has 1 fully saturated rings. The fraction of sp³-hybridized carbons (Fsp3) is 0.400. The number of likely N-dealkylation sites (N-methyl/N-ethyl adjacent to an activating group) is 1. The Kier molecular flexibility index (Phi) is 2.91. The van der Waals surface area contributed by atoms with Gasteiger partial charge in [-0.15, -0.1) is 0 Å². The lowest BCUT2D eigenvalue weighted by atomic mass is 10.2. The van der Waals surface area contributed by atoms with Gasteiger partial charge in [0.05, 0.1) is 0 Å². The number of hydrogen-bond acceptors (Lipinski definition) is 5. The minimum atomic E-state index is -0.175. The molecule has 1 aliphatic rings. The zero-order valence-corrected chi connectivity index (χ0v) is 9.10. The zero-order valence-electron chi connectivity index (χ0n) is 9.10. The van der Waals surface area contributed by atoms with Gasteiger partial charge in [0, 0.05) is 13.6 Å². The maximum absolute atomic E-state index is 11.7. The largest absolute Gasteiger partial charge is 0.358 e. The van der Waals surface area contributed by atoms with E-state index in [2.05, 4.69) is 15.7 Å². The van der Waals surface area contributed by atoms with E-state index in [4.69, 9.17) is 5.84 Å². The first kappa shape index (κ1) is 10.7. The molecule has 0 radical (unpaired) electrons. The number of nitrogens with two attached hydrogens (primary N) is 1. The van der Waals surface area contributed by atoms with E-state index in [1.165, 1.54) is 0 Å². The third-order valence-electron chi connectivity index (χ3n) is 2.65. The Bertz CT molecular complexity index is 395. The summed E-state index contributed by atoms with van der Waals surface area (Å²) < 4.78 is 0. The van der Waals surface area contributed by atoms with Crippen molar-refractivity contribution in [2.75, 3.05) is 24.3 Å². The number of hydrazine groups is 1. The second-order valence-corrected chi connectivity index (χ2v) is 3.80. The molecule has 0 saturated carbocycles. The molecule has 1 aliphatic heterocycles. The van der Waals surface area contributed by atoms with Crippen LogP contribution in [0, 0.1) is 0 Å². The summed E-state index contributed by atoms with van der Waals surface area (Å²) in [5.41, 5.74) is 2.47. The first-order chi connectivity index (χ1) is 7.70. The van der Waals surface area contributed by atoms with Gasteiger partial charge in [0.2, 0.25) is 5.91 Å². The summed E-state index contributed by atoms with van der Waals surface area (Å²) in [6.45, 7) is 0.783. The second-order valence-electron chi connectivity index (χ2n) is 3.80. The predicted molar refractivity (Wildman–Crippen MR) is 61.7 cm³/mol. The highest BCUT2D eigenvalue weighted by molar-refractivity contribution is 5.86. The van der Waals surface area contributed by atoms with Crippen molar-refractivity contribution in [3.05, 3.63) is 18.2 Å². The molecule has 6 heteroatoms. The maximum Gasteiger partial charge on any atom is 0.244 e. The molecule has 0 spiro atoms. The van der Waals surface area contributed by atoms with Crippen molar-refractivity contribution in [2.24, 2.45) is 5.84 Å². The average molecular weight is 221 g/mol. The predicted octanol–water partition coefficient (Wildman–Crippen LogP) is 0.00980. The summed E-state index contributed by atoms with van der Waals surface area (Å²) in [5.74, 6) is 6.59. The molecule has 0 bridgehead atoms. The van der Waals surface area contributed by atoms with E-state index < -0.39 is 0 Å². The summed E-state index contributed by atoms with van der Waals surface area (Å²) in [7, 11) is 1.80. The van der Waals surface area contributed by atoms with Gasteiger partial charge in [-0.05, 0) is 18.6 Å². The number of likely N-dealkylation sites (tertiary alicyclic amines) is 1. The van der Waals surface area contributed by atoms with Crippen LogP contribution in [-0.2, 0) is 4.79 Å². The van der Waals surface area contributed by atoms with Crippen LogP contribution in [0.5, 0.6) is 0 Å². The highest BCUT2D eigenvalue weighted by Gasteiger charge is 2.28. The molecule has 1 unspecified atom stereocenters. The number of anilines is 2. The second kappa shape index (κ2) is 4.36. The summed E-state index contributed by atoms with van der Waals surface area (Å²) in [6.07, 6.45) is 0.803. The first-order valence-corrected chi connectivity index (χ1v) is 5.16. The van der Waals surface area contributed by atoms with Crippen LogP contribution in [0.4, 0.5) is 11.6 Å². The Morgan fingerprint density at radius 2 is 2.25 bits per heavy atom. The quantitative estimate of drug-likeness (QED) is 0.494. The van der Waals surface area contributed by atoms with E-state index >= 15 is 0 Å². The molecule has 1 aromatic rings. The van der Waals surface area contributed by atoms with Crippen LogP contribution in [0.3, 0.4) is 0 Å². The standard InChI is InChI=1S/C10H15N5O/c1-15-6-5-7(10(15)16)12-8-3-2-4-9(13-8)14-11/h2-4,7H,5-6,11H2,1H3,(H2,12,13,14). The van der Waals surface area contributed by atoms with Crippen molar-refractivity contribution in [2.45, 2.75) is 12.5 Å². The minimum absolute atomic E-state index is 0.105. The van der Waals surface area contributed by atoms with Gasteiger partial charge in [0.15, 0.2) is 0 Å². The third kappa shape index (κ3) is 2.06. The minimum Gasteiger partial charge on any atom is -0.358 e. The van der Waals surface area contributed by atoms with E-state index in [1.807, 2.05) is 12.1 Å². The molecule has 86 valence electrons. The first-order valence-electron chi connectivity index (χ1n) is 5.16. The van der Waals surface area contributed by atoms with Gasteiger partial charge < -0.3 is 15.6 Å². The summed E-state index contributed by atoms with van der Waals surface area (Å²) in [6, 6.07) is 5.22. The highest BCUT2D eigenvalue weighted by atomic mass is 16.2. The Balaban J connectivity index is 2.06. The molecule has 0 aliphatic carbocycles. The van der Waals surface area contributed by atoms with Gasteiger partial charge in [0.1, 0.15) is 17.7 Å². The Labute approximate surface area is 93.8 Å². The average Bonchev–Trinajstić information content (AvgIpc) is 2.61. The van der Waals surface area contributed by atoms with Crippen molar-refractivity contribution in [3.8, 4) is 0 Å². The van der Waals surface area contributed by atoms with E-state index in [1.54, 1.807) is 18.0 Å². The van der Waals surface area contributed by atoms with Gasteiger partial charge >= 0.3 is 0 Å². The smallest absolute Gasteiger partial charge is 0.244 e. The Morgan fingerprint density at radius 1 is 1.50 bits per heavy atom. The van der Waals surface area contributed by atoms with Gasteiger partial charge in [-0.25, -0.2) is 10.8 Å². The SMILES string of the molecule is CN1CCC(Nc2cccc(NN)n2)C1=O. The van der Waals surface area contributed by atoms with Gasteiger partial charge in [-0.2, -0.15) is 0 Å². The highest BCUT2D eigenvalue weighted by Crippen LogP contribution is 2.15. The maximum atomic E-state index is 11.7. The number of amides is 1. The molecule has 0 aromatic carbocycles. The number of carbonyl (C=O) groups is 1. The fourth-order valence-electron chi connectivity index (χ4n) is 1.73. The number of rotatable bonds is 3. The van der Waals surface area contributed by atoms with Crippen LogP contribution in [0.15, 0.2) is 18.2 Å². The number of nitrogen functional groups attached to an aromatic ring is 1. The topological polar surface area (TPSA) is 83.3 Å². The van der Waals surface area contributed by atoms with Crippen molar-refractivity contribution >= 4 is 17.5 Å². The van der Waals surface area contributed by atoms with E-state index in [0.29, 0.717) is 11.6 Å². The lowest BCUT2D eigenvalue weighted by molar-refractivity contribution is -0.127. The third-order valence-corrected chi connectivity index (χ3v) is 2.65. The molecule has 6 nitrogen and oxygen atoms in total. The van der Waals surface area contributed by atoms with Crippen molar-refractivity contribution in [1.82, 2.24) is 9.88 Å².